The zero-order valence-electron chi connectivity index (χ0n) is 11.2. The molecule has 1 aliphatic carbocycles. The van der Waals surface area contributed by atoms with E-state index in [9.17, 15) is 4.79 Å². The summed E-state index contributed by atoms with van der Waals surface area (Å²) in [6, 6.07) is 0.513. The molecule has 1 amide bonds. The molecule has 5 heteroatoms. The number of aromatic nitrogens is 1. The first kappa shape index (κ1) is 13.9. The van der Waals surface area contributed by atoms with Crippen molar-refractivity contribution in [3.05, 3.63) is 11.1 Å². The van der Waals surface area contributed by atoms with E-state index in [0.29, 0.717) is 17.7 Å². The van der Waals surface area contributed by atoms with E-state index in [1.54, 1.807) is 23.1 Å². The van der Waals surface area contributed by atoms with E-state index < -0.39 is 0 Å². The van der Waals surface area contributed by atoms with Crippen molar-refractivity contribution in [2.75, 3.05) is 12.3 Å². The molecule has 2 rings (SSSR count). The lowest BCUT2D eigenvalue weighted by atomic mass is 10.2. The second-order valence-corrected chi connectivity index (χ2v) is 7.30. The standard InChI is InChI=1S/C13H20N2OS2/c1-9(2)6-15(11-4-5-11)12(16)8-18-13-14-10(3)7-17-13/h7,9,11H,4-6,8H2,1-3H3. The molecule has 1 aromatic rings. The van der Waals surface area contributed by atoms with Gasteiger partial charge in [0.15, 0.2) is 4.34 Å². The number of nitrogens with zero attached hydrogens (tertiary/aromatic N) is 2. The van der Waals surface area contributed by atoms with Gasteiger partial charge in [-0.3, -0.25) is 4.79 Å². The van der Waals surface area contributed by atoms with Crippen LogP contribution in [0.5, 0.6) is 0 Å². The molecule has 0 spiro atoms. The number of aryl methyl sites for hydroxylation is 1. The highest BCUT2D eigenvalue weighted by Crippen LogP contribution is 2.29. The summed E-state index contributed by atoms with van der Waals surface area (Å²) in [5.41, 5.74) is 1.04. The number of thioether (sulfide) groups is 1. The van der Waals surface area contributed by atoms with Crippen molar-refractivity contribution in [2.24, 2.45) is 5.92 Å². The van der Waals surface area contributed by atoms with E-state index >= 15 is 0 Å². The van der Waals surface area contributed by atoms with E-state index in [1.165, 1.54) is 12.8 Å². The predicted octanol–water partition coefficient (Wildman–Crippen LogP) is 3.19. The molecule has 0 atom stereocenters. The average Bonchev–Trinajstić information content (AvgIpc) is 3.06. The van der Waals surface area contributed by atoms with Crippen molar-refractivity contribution in [3.8, 4) is 0 Å². The number of hydrogen-bond donors (Lipinski definition) is 0. The third kappa shape index (κ3) is 3.99. The largest absolute Gasteiger partial charge is 0.339 e. The third-order valence-corrected chi connectivity index (χ3v) is 4.91. The molecule has 1 aliphatic rings. The molecule has 1 heterocycles. The molecular weight excluding hydrogens is 264 g/mol. The van der Waals surface area contributed by atoms with Crippen LogP contribution in [0.1, 0.15) is 32.4 Å². The van der Waals surface area contributed by atoms with Gasteiger partial charge in [0.1, 0.15) is 0 Å². The number of carbonyl (C=O) groups excluding carboxylic acids is 1. The molecule has 0 unspecified atom stereocenters. The number of rotatable bonds is 6. The lowest BCUT2D eigenvalue weighted by Crippen LogP contribution is -2.37. The summed E-state index contributed by atoms with van der Waals surface area (Å²) in [5.74, 6) is 1.33. The molecule has 3 nitrogen and oxygen atoms in total. The Morgan fingerprint density at radius 3 is 2.83 bits per heavy atom. The Kier molecular flexibility index (Phi) is 4.67. The van der Waals surface area contributed by atoms with Gasteiger partial charge >= 0.3 is 0 Å². The van der Waals surface area contributed by atoms with Crippen LogP contribution >= 0.6 is 23.1 Å². The second-order valence-electron chi connectivity index (χ2n) is 5.21. The average molecular weight is 284 g/mol. The topological polar surface area (TPSA) is 33.2 Å². The van der Waals surface area contributed by atoms with Gasteiger partial charge < -0.3 is 4.90 Å². The van der Waals surface area contributed by atoms with Crippen molar-refractivity contribution in [3.63, 3.8) is 0 Å². The monoisotopic (exact) mass is 284 g/mol. The Bertz CT molecular complexity index is 413. The highest BCUT2D eigenvalue weighted by Gasteiger charge is 2.32. The Morgan fingerprint density at radius 2 is 2.33 bits per heavy atom. The Balaban J connectivity index is 1.85. The normalized spacial score (nSPS) is 15.1. The first-order chi connectivity index (χ1) is 8.56. The predicted molar refractivity (Wildman–Crippen MR) is 77.1 cm³/mol. The van der Waals surface area contributed by atoms with Gasteiger partial charge in [-0.2, -0.15) is 0 Å². The molecule has 1 saturated carbocycles. The van der Waals surface area contributed by atoms with Gasteiger partial charge in [-0.1, -0.05) is 25.6 Å². The van der Waals surface area contributed by atoms with Crippen LogP contribution in [-0.4, -0.2) is 34.1 Å². The van der Waals surface area contributed by atoms with Crippen molar-refractivity contribution in [2.45, 2.75) is 44.0 Å². The Labute approximate surface area is 117 Å². The number of thiazole rings is 1. The SMILES string of the molecule is Cc1csc(SCC(=O)N(CC(C)C)C2CC2)n1. The molecule has 0 aliphatic heterocycles. The van der Waals surface area contributed by atoms with Crippen LogP contribution < -0.4 is 0 Å². The lowest BCUT2D eigenvalue weighted by molar-refractivity contribution is -0.129. The third-order valence-electron chi connectivity index (χ3n) is 2.79. The van der Waals surface area contributed by atoms with Gasteiger partial charge in [0.05, 0.1) is 5.75 Å². The summed E-state index contributed by atoms with van der Waals surface area (Å²) >= 11 is 3.19. The maximum absolute atomic E-state index is 12.2. The molecule has 18 heavy (non-hydrogen) atoms. The Hall–Kier alpha value is -0.550. The smallest absolute Gasteiger partial charge is 0.233 e. The summed E-state index contributed by atoms with van der Waals surface area (Å²) in [6.07, 6.45) is 2.36. The van der Waals surface area contributed by atoms with Gasteiger partial charge in [-0.05, 0) is 25.7 Å². The molecule has 0 N–H and O–H groups in total. The van der Waals surface area contributed by atoms with Crippen LogP contribution in [0, 0.1) is 12.8 Å². The highest BCUT2D eigenvalue weighted by molar-refractivity contribution is 8.01. The number of hydrogen-bond acceptors (Lipinski definition) is 4. The van der Waals surface area contributed by atoms with Crippen molar-refractivity contribution >= 4 is 29.0 Å². The first-order valence-corrected chi connectivity index (χ1v) is 8.27. The van der Waals surface area contributed by atoms with Crippen LogP contribution in [0.15, 0.2) is 9.72 Å². The van der Waals surface area contributed by atoms with Gasteiger partial charge in [-0.15, -0.1) is 11.3 Å². The van der Waals surface area contributed by atoms with E-state index in [-0.39, 0.29) is 5.91 Å². The van der Waals surface area contributed by atoms with Gasteiger partial charge in [0.2, 0.25) is 5.91 Å². The van der Waals surface area contributed by atoms with E-state index in [4.69, 9.17) is 0 Å². The first-order valence-electron chi connectivity index (χ1n) is 6.40. The summed E-state index contributed by atoms with van der Waals surface area (Å²) in [4.78, 5) is 18.7. The molecule has 0 radical (unpaired) electrons. The van der Waals surface area contributed by atoms with Crippen LogP contribution in [0.3, 0.4) is 0 Å². The van der Waals surface area contributed by atoms with Crippen LogP contribution in [0.25, 0.3) is 0 Å². The molecule has 0 saturated heterocycles. The summed E-state index contributed by atoms with van der Waals surface area (Å²) in [7, 11) is 0. The maximum Gasteiger partial charge on any atom is 0.233 e. The van der Waals surface area contributed by atoms with E-state index in [1.807, 2.05) is 12.3 Å². The summed E-state index contributed by atoms with van der Waals surface area (Å²) in [6.45, 7) is 7.21. The fourth-order valence-corrected chi connectivity index (χ4v) is 3.57. The molecule has 1 fully saturated rings. The quantitative estimate of drug-likeness (QED) is 0.752. The van der Waals surface area contributed by atoms with E-state index in [2.05, 4.69) is 23.7 Å². The Morgan fingerprint density at radius 1 is 1.61 bits per heavy atom. The van der Waals surface area contributed by atoms with Crippen molar-refractivity contribution < 1.29 is 4.79 Å². The molecule has 0 bridgehead atoms. The highest BCUT2D eigenvalue weighted by atomic mass is 32.2. The van der Waals surface area contributed by atoms with E-state index in [0.717, 1.165) is 16.6 Å². The minimum Gasteiger partial charge on any atom is -0.339 e. The maximum atomic E-state index is 12.2. The number of carbonyl (C=O) groups is 1. The zero-order valence-corrected chi connectivity index (χ0v) is 12.8. The molecule has 0 aromatic carbocycles. The van der Waals surface area contributed by atoms with Gasteiger partial charge in [0, 0.05) is 23.7 Å². The summed E-state index contributed by atoms with van der Waals surface area (Å²) in [5, 5.41) is 2.03. The minimum absolute atomic E-state index is 0.268. The van der Waals surface area contributed by atoms with Gasteiger partial charge in [-0.25, -0.2) is 4.98 Å². The van der Waals surface area contributed by atoms with Crippen LogP contribution in [-0.2, 0) is 4.79 Å². The number of amides is 1. The fraction of sp³-hybridized carbons (Fsp3) is 0.692. The van der Waals surface area contributed by atoms with Crippen molar-refractivity contribution in [1.29, 1.82) is 0 Å². The molecule has 100 valence electrons. The van der Waals surface area contributed by atoms with Crippen molar-refractivity contribution in [1.82, 2.24) is 9.88 Å². The molecule has 1 aromatic heterocycles. The van der Waals surface area contributed by atoms with Gasteiger partial charge in [0.25, 0.3) is 0 Å². The van der Waals surface area contributed by atoms with Crippen LogP contribution in [0.2, 0.25) is 0 Å². The van der Waals surface area contributed by atoms with Crippen LogP contribution in [0.4, 0.5) is 0 Å². The molecular formula is C13H20N2OS2. The fourth-order valence-electron chi connectivity index (χ4n) is 1.84. The second kappa shape index (κ2) is 6.06. The summed E-state index contributed by atoms with van der Waals surface area (Å²) < 4.78 is 1.00. The minimum atomic E-state index is 0.268. The zero-order chi connectivity index (χ0) is 13.1. The lowest BCUT2D eigenvalue weighted by Gasteiger charge is -2.24.